The molecule has 0 aliphatic carbocycles. The van der Waals surface area contributed by atoms with Crippen molar-refractivity contribution in [3.8, 4) is 11.3 Å². The number of nitrogens with zero attached hydrogens (tertiary/aromatic N) is 4. The Kier molecular flexibility index (Phi) is 4.89. The molecule has 0 radical (unpaired) electrons. The molecular weight excluding hydrogens is 248 g/mol. The fraction of sp³-hybridized carbons (Fsp3) is 0.125. The molecule has 4 heteroatoms. The molecule has 2 aromatic rings. The quantitative estimate of drug-likeness (QED) is 0.610. The lowest BCUT2D eigenvalue weighted by Crippen LogP contribution is -1.93. The molecule has 0 fully saturated rings. The minimum atomic E-state index is 0.455. The Balaban J connectivity index is 2.32. The Morgan fingerprint density at radius 1 is 1.35 bits per heavy atom. The second kappa shape index (κ2) is 7.09. The van der Waals surface area contributed by atoms with E-state index in [1.165, 1.54) is 0 Å². The highest BCUT2D eigenvalue weighted by Gasteiger charge is 2.01. The van der Waals surface area contributed by atoms with E-state index in [9.17, 15) is 0 Å². The highest BCUT2D eigenvalue weighted by atomic mass is 15.0. The van der Waals surface area contributed by atoms with Gasteiger partial charge in [-0.05, 0) is 30.7 Å². The lowest BCUT2D eigenvalue weighted by atomic mass is 10.2. The minimum absolute atomic E-state index is 0.455. The van der Waals surface area contributed by atoms with Gasteiger partial charge in [0.05, 0.1) is 5.69 Å². The molecule has 0 saturated heterocycles. The Labute approximate surface area is 118 Å². The van der Waals surface area contributed by atoms with E-state index >= 15 is 0 Å². The molecule has 0 amide bonds. The summed E-state index contributed by atoms with van der Waals surface area (Å²) in [6.07, 6.45) is 11.5. The Morgan fingerprint density at radius 2 is 2.25 bits per heavy atom. The van der Waals surface area contributed by atoms with Crippen LogP contribution in [0.4, 0.5) is 5.95 Å². The predicted molar refractivity (Wildman–Crippen MR) is 82.0 cm³/mol. The van der Waals surface area contributed by atoms with Gasteiger partial charge in [0.1, 0.15) is 0 Å². The largest absolute Gasteiger partial charge is 0.264 e. The standard InChI is InChI=1S/C16H16N4/c1-3-5-8-14(4-2)19-16-18-11-9-15(20-16)13-7-6-10-17-12-13/h3,5-12H,1,4H2,2H3/b8-5-,19-14?. The zero-order chi connectivity index (χ0) is 14.2. The van der Waals surface area contributed by atoms with E-state index in [1.807, 2.05) is 37.3 Å². The van der Waals surface area contributed by atoms with Crippen molar-refractivity contribution >= 4 is 11.7 Å². The van der Waals surface area contributed by atoms with Gasteiger partial charge in [0.2, 0.25) is 5.95 Å². The summed E-state index contributed by atoms with van der Waals surface area (Å²) in [7, 11) is 0. The van der Waals surface area contributed by atoms with Crippen molar-refractivity contribution in [2.24, 2.45) is 4.99 Å². The molecule has 0 saturated carbocycles. The van der Waals surface area contributed by atoms with Crippen molar-refractivity contribution in [1.82, 2.24) is 15.0 Å². The smallest absolute Gasteiger partial charge is 0.250 e. The number of hydrogen-bond acceptors (Lipinski definition) is 4. The SMILES string of the molecule is C=C/C=C\C(CC)=Nc1nccc(-c2cccnc2)n1. The van der Waals surface area contributed by atoms with Crippen LogP contribution in [0.3, 0.4) is 0 Å². The van der Waals surface area contributed by atoms with Crippen LogP contribution in [-0.2, 0) is 0 Å². The van der Waals surface area contributed by atoms with Crippen LogP contribution in [0.1, 0.15) is 13.3 Å². The van der Waals surface area contributed by atoms with Crippen molar-refractivity contribution in [1.29, 1.82) is 0 Å². The van der Waals surface area contributed by atoms with Gasteiger partial charge in [0.15, 0.2) is 0 Å². The highest BCUT2D eigenvalue weighted by molar-refractivity contribution is 5.96. The van der Waals surface area contributed by atoms with Crippen LogP contribution in [0.15, 0.2) is 66.6 Å². The Hall–Kier alpha value is -2.62. The van der Waals surface area contributed by atoms with Crippen molar-refractivity contribution in [2.45, 2.75) is 13.3 Å². The van der Waals surface area contributed by atoms with Gasteiger partial charge in [0.25, 0.3) is 0 Å². The zero-order valence-electron chi connectivity index (χ0n) is 11.4. The number of hydrogen-bond donors (Lipinski definition) is 0. The molecule has 0 aromatic carbocycles. The number of aliphatic imine (C=N–C) groups is 1. The number of pyridine rings is 1. The van der Waals surface area contributed by atoms with Crippen molar-refractivity contribution in [3.05, 3.63) is 61.6 Å². The van der Waals surface area contributed by atoms with Crippen LogP contribution in [0, 0.1) is 0 Å². The minimum Gasteiger partial charge on any atom is -0.264 e. The van der Waals surface area contributed by atoms with Gasteiger partial charge in [-0.25, -0.2) is 15.0 Å². The van der Waals surface area contributed by atoms with E-state index in [0.717, 1.165) is 23.4 Å². The molecular formula is C16H16N4. The maximum absolute atomic E-state index is 4.44. The maximum Gasteiger partial charge on any atom is 0.250 e. The van der Waals surface area contributed by atoms with Gasteiger partial charge in [0, 0.05) is 29.9 Å². The molecule has 0 N–H and O–H groups in total. The van der Waals surface area contributed by atoms with E-state index in [4.69, 9.17) is 0 Å². The molecule has 4 nitrogen and oxygen atoms in total. The van der Waals surface area contributed by atoms with E-state index in [2.05, 4.69) is 26.5 Å². The molecule has 0 aliphatic heterocycles. The van der Waals surface area contributed by atoms with Crippen molar-refractivity contribution in [2.75, 3.05) is 0 Å². The Bertz CT molecular complexity index is 630. The van der Waals surface area contributed by atoms with Crippen molar-refractivity contribution in [3.63, 3.8) is 0 Å². The normalized spacial score (nSPS) is 11.8. The van der Waals surface area contributed by atoms with Crippen LogP contribution in [0.2, 0.25) is 0 Å². The van der Waals surface area contributed by atoms with Crippen LogP contribution in [0.5, 0.6) is 0 Å². The third-order valence-electron chi connectivity index (χ3n) is 2.63. The Morgan fingerprint density at radius 3 is 2.95 bits per heavy atom. The third-order valence-corrected chi connectivity index (χ3v) is 2.63. The van der Waals surface area contributed by atoms with Gasteiger partial charge in [-0.2, -0.15) is 0 Å². The molecule has 2 heterocycles. The van der Waals surface area contributed by atoms with Crippen LogP contribution < -0.4 is 0 Å². The summed E-state index contributed by atoms with van der Waals surface area (Å²) in [5.74, 6) is 0.455. The van der Waals surface area contributed by atoms with Gasteiger partial charge < -0.3 is 0 Å². The van der Waals surface area contributed by atoms with Gasteiger partial charge in [-0.15, -0.1) is 0 Å². The fourth-order valence-corrected chi connectivity index (χ4v) is 1.62. The van der Waals surface area contributed by atoms with Crippen molar-refractivity contribution < 1.29 is 0 Å². The number of rotatable bonds is 5. The first-order chi connectivity index (χ1) is 9.83. The first-order valence-corrected chi connectivity index (χ1v) is 6.43. The predicted octanol–water partition coefficient (Wildman–Crippen LogP) is 3.76. The molecule has 0 atom stereocenters. The van der Waals surface area contributed by atoms with E-state index in [-0.39, 0.29) is 0 Å². The summed E-state index contributed by atoms with van der Waals surface area (Å²) in [5.41, 5.74) is 2.68. The monoisotopic (exact) mass is 264 g/mol. The average molecular weight is 264 g/mol. The highest BCUT2D eigenvalue weighted by Crippen LogP contribution is 2.17. The summed E-state index contributed by atoms with van der Waals surface area (Å²) in [6, 6.07) is 5.69. The fourth-order valence-electron chi connectivity index (χ4n) is 1.62. The molecule has 2 aromatic heterocycles. The van der Waals surface area contributed by atoms with Crippen LogP contribution in [0.25, 0.3) is 11.3 Å². The first kappa shape index (κ1) is 13.8. The maximum atomic E-state index is 4.44. The summed E-state index contributed by atoms with van der Waals surface area (Å²) < 4.78 is 0. The molecule has 100 valence electrons. The summed E-state index contributed by atoms with van der Waals surface area (Å²) in [5, 5.41) is 0. The van der Waals surface area contributed by atoms with Gasteiger partial charge >= 0.3 is 0 Å². The topological polar surface area (TPSA) is 51.0 Å². The second-order valence-electron chi connectivity index (χ2n) is 4.04. The molecule has 0 spiro atoms. The number of aromatic nitrogens is 3. The molecule has 2 rings (SSSR count). The molecule has 20 heavy (non-hydrogen) atoms. The molecule has 0 bridgehead atoms. The second-order valence-corrected chi connectivity index (χ2v) is 4.04. The number of allylic oxidation sites excluding steroid dienone is 3. The lowest BCUT2D eigenvalue weighted by molar-refractivity contribution is 1.12. The third kappa shape index (κ3) is 3.68. The molecule has 0 unspecified atom stereocenters. The summed E-state index contributed by atoms with van der Waals surface area (Å²) >= 11 is 0. The van der Waals surface area contributed by atoms with Crippen LogP contribution >= 0.6 is 0 Å². The zero-order valence-corrected chi connectivity index (χ0v) is 11.4. The van der Waals surface area contributed by atoms with Crippen LogP contribution in [-0.4, -0.2) is 20.7 Å². The average Bonchev–Trinajstić information content (AvgIpc) is 2.52. The molecule has 0 aliphatic rings. The van der Waals surface area contributed by atoms with E-state index < -0.39 is 0 Å². The lowest BCUT2D eigenvalue weighted by Gasteiger charge is -2.01. The van der Waals surface area contributed by atoms with Gasteiger partial charge in [-0.1, -0.05) is 25.7 Å². The van der Waals surface area contributed by atoms with Gasteiger partial charge in [-0.3, -0.25) is 4.98 Å². The van der Waals surface area contributed by atoms with E-state index in [0.29, 0.717) is 5.95 Å². The summed E-state index contributed by atoms with van der Waals surface area (Å²) in [4.78, 5) is 17.2. The first-order valence-electron chi connectivity index (χ1n) is 6.43. The van der Waals surface area contributed by atoms with E-state index in [1.54, 1.807) is 24.7 Å². The summed E-state index contributed by atoms with van der Waals surface area (Å²) in [6.45, 7) is 5.69.